The first-order valence-electron chi connectivity index (χ1n) is 11.2. The Morgan fingerprint density at radius 2 is 1.80 bits per heavy atom. The Morgan fingerprint density at radius 3 is 2.66 bits per heavy atom. The summed E-state index contributed by atoms with van der Waals surface area (Å²) >= 11 is 8.01. The molecule has 1 aliphatic rings. The Kier molecular flexibility index (Phi) is 7.20. The third-order valence-corrected chi connectivity index (χ3v) is 6.81. The SMILES string of the molecule is O=C(CCCSc1nnc(-c2ccccc2Cl)n1-c1ccccc1)NCc1ccc2c(c1)OCO2. The minimum absolute atomic E-state index is 0.00421. The van der Waals surface area contributed by atoms with Crippen LogP contribution in [0.5, 0.6) is 11.5 Å². The van der Waals surface area contributed by atoms with Crippen molar-refractivity contribution in [2.45, 2.75) is 24.5 Å². The van der Waals surface area contributed by atoms with E-state index >= 15 is 0 Å². The average Bonchev–Trinajstić information content (AvgIpc) is 3.53. The van der Waals surface area contributed by atoms with E-state index in [9.17, 15) is 4.79 Å². The molecule has 35 heavy (non-hydrogen) atoms. The number of thioether (sulfide) groups is 1. The number of hydrogen-bond acceptors (Lipinski definition) is 6. The molecule has 0 atom stereocenters. The summed E-state index contributed by atoms with van der Waals surface area (Å²) in [5.41, 5.74) is 2.75. The van der Waals surface area contributed by atoms with Gasteiger partial charge in [0.1, 0.15) is 0 Å². The monoisotopic (exact) mass is 506 g/mol. The molecule has 0 aliphatic carbocycles. The summed E-state index contributed by atoms with van der Waals surface area (Å²) in [4.78, 5) is 12.4. The number of aromatic nitrogens is 3. The van der Waals surface area contributed by atoms with E-state index in [1.54, 1.807) is 11.8 Å². The van der Waals surface area contributed by atoms with Crippen molar-refractivity contribution in [2.24, 2.45) is 0 Å². The van der Waals surface area contributed by atoms with Gasteiger partial charge in [-0.2, -0.15) is 0 Å². The fourth-order valence-electron chi connectivity index (χ4n) is 3.73. The standard InChI is InChI=1S/C26H23ClN4O3S/c27-21-10-5-4-9-20(21)25-29-30-26(31(25)19-7-2-1-3-8-19)35-14-6-11-24(32)28-16-18-12-13-22-23(15-18)34-17-33-22/h1-5,7-10,12-13,15H,6,11,14,16-17H2,(H,28,32). The summed E-state index contributed by atoms with van der Waals surface area (Å²) in [5.74, 6) is 2.87. The lowest BCUT2D eigenvalue weighted by molar-refractivity contribution is -0.121. The van der Waals surface area contributed by atoms with Gasteiger partial charge in [0.2, 0.25) is 12.7 Å². The molecular weight excluding hydrogens is 484 g/mol. The molecule has 0 saturated heterocycles. The maximum Gasteiger partial charge on any atom is 0.231 e. The van der Waals surface area contributed by atoms with Gasteiger partial charge in [0.25, 0.3) is 0 Å². The van der Waals surface area contributed by atoms with E-state index in [4.69, 9.17) is 21.1 Å². The number of halogens is 1. The molecule has 3 aromatic carbocycles. The molecular formula is C26H23ClN4O3S. The maximum atomic E-state index is 12.4. The van der Waals surface area contributed by atoms with E-state index in [2.05, 4.69) is 15.5 Å². The first-order chi connectivity index (χ1) is 17.2. The molecule has 0 spiro atoms. The highest BCUT2D eigenvalue weighted by Crippen LogP contribution is 2.33. The number of benzene rings is 3. The summed E-state index contributed by atoms with van der Waals surface area (Å²) in [6.45, 7) is 0.687. The van der Waals surface area contributed by atoms with Crippen molar-refractivity contribution >= 4 is 29.3 Å². The highest BCUT2D eigenvalue weighted by molar-refractivity contribution is 7.99. The molecule has 1 aromatic heterocycles. The Morgan fingerprint density at radius 1 is 1.00 bits per heavy atom. The highest BCUT2D eigenvalue weighted by atomic mass is 35.5. The first-order valence-corrected chi connectivity index (χ1v) is 12.6. The molecule has 0 unspecified atom stereocenters. The third-order valence-electron chi connectivity index (χ3n) is 5.47. The summed E-state index contributed by atoms with van der Waals surface area (Å²) in [5, 5.41) is 13.2. The van der Waals surface area contributed by atoms with E-state index in [0.717, 1.165) is 33.5 Å². The minimum Gasteiger partial charge on any atom is -0.454 e. The van der Waals surface area contributed by atoms with Crippen molar-refractivity contribution in [1.29, 1.82) is 0 Å². The van der Waals surface area contributed by atoms with Crippen molar-refractivity contribution < 1.29 is 14.3 Å². The van der Waals surface area contributed by atoms with E-state index in [0.29, 0.717) is 36.0 Å². The number of para-hydroxylation sites is 1. The fourth-order valence-corrected chi connectivity index (χ4v) is 4.84. The zero-order chi connectivity index (χ0) is 24.0. The lowest BCUT2D eigenvalue weighted by Crippen LogP contribution is -2.22. The average molecular weight is 507 g/mol. The molecule has 178 valence electrons. The molecule has 1 aliphatic heterocycles. The Bertz CT molecular complexity index is 1330. The second kappa shape index (κ2) is 10.8. The predicted octanol–water partition coefficient (Wildman–Crippen LogP) is 5.51. The summed E-state index contributed by atoms with van der Waals surface area (Å²) < 4.78 is 12.7. The number of rotatable bonds is 9. The van der Waals surface area contributed by atoms with Gasteiger partial charge >= 0.3 is 0 Å². The van der Waals surface area contributed by atoms with Crippen molar-refractivity contribution in [1.82, 2.24) is 20.1 Å². The zero-order valence-corrected chi connectivity index (χ0v) is 20.4. The number of carbonyl (C=O) groups excluding carboxylic acids is 1. The van der Waals surface area contributed by atoms with Gasteiger partial charge in [-0.3, -0.25) is 9.36 Å². The smallest absolute Gasteiger partial charge is 0.231 e. The van der Waals surface area contributed by atoms with Crippen molar-refractivity contribution in [3.63, 3.8) is 0 Å². The van der Waals surface area contributed by atoms with Gasteiger partial charge in [0.05, 0.1) is 5.02 Å². The molecule has 7 nitrogen and oxygen atoms in total. The predicted molar refractivity (Wildman–Crippen MR) is 136 cm³/mol. The second-order valence-corrected chi connectivity index (χ2v) is 9.34. The molecule has 0 bridgehead atoms. The Balaban J connectivity index is 1.19. The maximum absolute atomic E-state index is 12.4. The normalized spacial score (nSPS) is 12.0. The number of hydrogen-bond donors (Lipinski definition) is 1. The fraction of sp³-hybridized carbons (Fsp3) is 0.192. The van der Waals surface area contributed by atoms with Gasteiger partial charge in [-0.05, 0) is 48.4 Å². The van der Waals surface area contributed by atoms with E-state index in [1.165, 1.54) is 0 Å². The van der Waals surface area contributed by atoms with Crippen LogP contribution in [-0.4, -0.2) is 33.2 Å². The van der Waals surface area contributed by atoms with Crippen LogP contribution in [0.1, 0.15) is 18.4 Å². The molecule has 9 heteroatoms. The van der Waals surface area contributed by atoms with E-state index < -0.39 is 0 Å². The van der Waals surface area contributed by atoms with Crippen LogP contribution in [0.3, 0.4) is 0 Å². The number of fused-ring (bicyclic) bond motifs is 1. The lowest BCUT2D eigenvalue weighted by atomic mass is 10.2. The molecule has 0 saturated carbocycles. The number of ether oxygens (including phenoxy) is 2. The van der Waals surface area contributed by atoms with Crippen molar-refractivity contribution in [3.8, 4) is 28.6 Å². The van der Waals surface area contributed by atoms with Crippen LogP contribution in [0.25, 0.3) is 17.1 Å². The van der Waals surface area contributed by atoms with Crippen LogP contribution < -0.4 is 14.8 Å². The molecule has 1 amide bonds. The van der Waals surface area contributed by atoms with Crippen LogP contribution in [0.2, 0.25) is 5.02 Å². The first kappa shape index (κ1) is 23.3. The quantitative estimate of drug-likeness (QED) is 0.238. The third kappa shape index (κ3) is 5.44. The molecule has 0 radical (unpaired) electrons. The highest BCUT2D eigenvalue weighted by Gasteiger charge is 2.18. The van der Waals surface area contributed by atoms with Gasteiger partial charge in [0.15, 0.2) is 22.5 Å². The van der Waals surface area contributed by atoms with Crippen LogP contribution in [0.4, 0.5) is 0 Å². The Labute approximate surface area is 212 Å². The number of carbonyl (C=O) groups is 1. The molecule has 0 fully saturated rings. The number of amides is 1. The number of nitrogens with one attached hydrogen (secondary N) is 1. The van der Waals surface area contributed by atoms with Crippen LogP contribution in [-0.2, 0) is 11.3 Å². The lowest BCUT2D eigenvalue weighted by Gasteiger charge is -2.11. The summed E-state index contributed by atoms with van der Waals surface area (Å²) in [6.07, 6.45) is 1.13. The topological polar surface area (TPSA) is 78.3 Å². The largest absolute Gasteiger partial charge is 0.454 e. The van der Waals surface area contributed by atoms with Gasteiger partial charge in [0, 0.05) is 30.0 Å². The van der Waals surface area contributed by atoms with Crippen LogP contribution >= 0.6 is 23.4 Å². The Hall–Kier alpha value is -3.49. The molecule has 1 N–H and O–H groups in total. The minimum atomic E-state index is 0.00421. The van der Waals surface area contributed by atoms with Gasteiger partial charge in [-0.25, -0.2) is 0 Å². The van der Waals surface area contributed by atoms with Gasteiger partial charge < -0.3 is 14.8 Å². The van der Waals surface area contributed by atoms with Gasteiger partial charge in [-0.15, -0.1) is 10.2 Å². The second-order valence-electron chi connectivity index (χ2n) is 7.87. The summed E-state index contributed by atoms with van der Waals surface area (Å²) in [7, 11) is 0. The van der Waals surface area contributed by atoms with Crippen LogP contribution in [0, 0.1) is 0 Å². The van der Waals surface area contributed by atoms with E-state index in [1.807, 2.05) is 77.4 Å². The molecule has 5 rings (SSSR count). The molecule has 2 heterocycles. The summed E-state index contributed by atoms with van der Waals surface area (Å²) in [6, 6.07) is 23.2. The van der Waals surface area contributed by atoms with Crippen molar-refractivity contribution in [3.05, 3.63) is 83.4 Å². The van der Waals surface area contributed by atoms with E-state index in [-0.39, 0.29) is 12.7 Å². The zero-order valence-electron chi connectivity index (χ0n) is 18.8. The van der Waals surface area contributed by atoms with Crippen LogP contribution in [0.15, 0.2) is 78.0 Å². The van der Waals surface area contributed by atoms with Gasteiger partial charge in [-0.1, -0.05) is 59.8 Å². The molecule has 4 aromatic rings. The number of nitrogens with zero attached hydrogens (tertiary/aromatic N) is 3. The van der Waals surface area contributed by atoms with Crippen molar-refractivity contribution in [2.75, 3.05) is 12.5 Å².